The summed E-state index contributed by atoms with van der Waals surface area (Å²) in [5.41, 5.74) is 1.42. The summed E-state index contributed by atoms with van der Waals surface area (Å²) in [6.45, 7) is 2.84. The van der Waals surface area contributed by atoms with Crippen LogP contribution in [-0.4, -0.2) is 21.4 Å². The maximum Gasteiger partial charge on any atom is 0.270 e. The molecule has 0 fully saturated rings. The van der Waals surface area contributed by atoms with Crippen LogP contribution in [0, 0.1) is 10.1 Å². The van der Waals surface area contributed by atoms with Gasteiger partial charge in [-0.3, -0.25) is 10.1 Å². The van der Waals surface area contributed by atoms with Crippen LogP contribution in [0.5, 0.6) is 0 Å². The van der Waals surface area contributed by atoms with Crippen molar-refractivity contribution in [2.24, 2.45) is 0 Å². The third-order valence-corrected chi connectivity index (χ3v) is 2.54. The van der Waals surface area contributed by atoms with E-state index in [4.69, 9.17) is 0 Å². The summed E-state index contributed by atoms with van der Waals surface area (Å²) < 4.78 is 0. The monoisotopic (exact) mass is 258 g/mol. The van der Waals surface area contributed by atoms with Gasteiger partial charge in [-0.2, -0.15) is 0 Å². The Labute approximate surface area is 110 Å². The summed E-state index contributed by atoms with van der Waals surface area (Å²) in [6.07, 6.45) is 2.61. The summed E-state index contributed by atoms with van der Waals surface area (Å²) in [5, 5.41) is 13.8. The Kier molecular flexibility index (Phi) is 4.02. The molecule has 98 valence electrons. The van der Waals surface area contributed by atoms with E-state index in [1.54, 1.807) is 24.4 Å². The van der Waals surface area contributed by atoms with E-state index in [1.165, 1.54) is 12.1 Å². The second-order valence-corrected chi connectivity index (χ2v) is 4.00. The summed E-state index contributed by atoms with van der Waals surface area (Å²) in [7, 11) is 0. The number of nitro benzene ring substituents is 1. The van der Waals surface area contributed by atoms with Crippen LogP contribution in [0.3, 0.4) is 0 Å². The maximum atomic E-state index is 10.8. The molecule has 2 aromatic rings. The van der Waals surface area contributed by atoms with Gasteiger partial charge < -0.3 is 5.32 Å². The number of aromatic nitrogens is 2. The predicted molar refractivity (Wildman–Crippen MR) is 72.9 cm³/mol. The Morgan fingerprint density at radius 2 is 2.21 bits per heavy atom. The molecular formula is C13H14N4O2. The van der Waals surface area contributed by atoms with Gasteiger partial charge in [-0.05, 0) is 12.5 Å². The number of rotatable bonds is 5. The molecule has 0 saturated carbocycles. The summed E-state index contributed by atoms with van der Waals surface area (Å²) in [6, 6.07) is 8.14. The molecule has 2 rings (SSSR count). The zero-order valence-electron chi connectivity index (χ0n) is 10.5. The topological polar surface area (TPSA) is 81.0 Å². The molecule has 0 aliphatic rings. The van der Waals surface area contributed by atoms with Crippen molar-refractivity contribution >= 4 is 11.6 Å². The lowest BCUT2D eigenvalue weighted by Gasteiger charge is -2.05. The lowest BCUT2D eigenvalue weighted by atomic mass is 10.1. The van der Waals surface area contributed by atoms with Crippen molar-refractivity contribution < 1.29 is 4.92 Å². The molecule has 1 N–H and O–H groups in total. The van der Waals surface area contributed by atoms with Crippen LogP contribution in [0.1, 0.15) is 13.3 Å². The van der Waals surface area contributed by atoms with E-state index in [0.717, 1.165) is 13.0 Å². The second kappa shape index (κ2) is 5.90. The van der Waals surface area contributed by atoms with E-state index in [0.29, 0.717) is 17.2 Å². The fourth-order valence-electron chi connectivity index (χ4n) is 1.62. The highest BCUT2D eigenvalue weighted by Gasteiger charge is 2.08. The highest BCUT2D eigenvalue weighted by molar-refractivity contribution is 5.63. The molecule has 6 heteroatoms. The number of nitrogens with one attached hydrogen (secondary N) is 1. The smallest absolute Gasteiger partial charge is 0.270 e. The van der Waals surface area contributed by atoms with E-state index < -0.39 is 4.92 Å². The fraction of sp³-hybridized carbons (Fsp3) is 0.231. The first-order valence-electron chi connectivity index (χ1n) is 6.02. The summed E-state index contributed by atoms with van der Waals surface area (Å²) in [4.78, 5) is 18.8. The molecular weight excluding hydrogens is 244 g/mol. The van der Waals surface area contributed by atoms with Crippen molar-refractivity contribution in [3.63, 3.8) is 0 Å². The molecule has 1 heterocycles. The molecule has 0 saturated heterocycles. The standard InChI is InChI=1S/C13H14N4O2/c1-2-7-14-13-15-8-6-12(16-13)10-4-3-5-11(9-10)17(18)19/h3-6,8-9H,2,7H2,1H3,(H,14,15,16). The van der Waals surface area contributed by atoms with Crippen molar-refractivity contribution in [1.29, 1.82) is 0 Å². The average molecular weight is 258 g/mol. The molecule has 0 bridgehead atoms. The molecule has 0 aliphatic carbocycles. The van der Waals surface area contributed by atoms with Gasteiger partial charge in [0.25, 0.3) is 5.69 Å². The van der Waals surface area contributed by atoms with E-state index in [1.807, 2.05) is 0 Å². The molecule has 0 unspecified atom stereocenters. The van der Waals surface area contributed by atoms with E-state index in [-0.39, 0.29) is 5.69 Å². The fourth-order valence-corrected chi connectivity index (χ4v) is 1.62. The molecule has 19 heavy (non-hydrogen) atoms. The van der Waals surface area contributed by atoms with Crippen molar-refractivity contribution in [1.82, 2.24) is 9.97 Å². The lowest BCUT2D eigenvalue weighted by molar-refractivity contribution is -0.384. The normalized spacial score (nSPS) is 10.2. The Bertz CT molecular complexity index is 586. The Morgan fingerprint density at radius 1 is 1.37 bits per heavy atom. The number of hydrogen-bond acceptors (Lipinski definition) is 5. The zero-order valence-corrected chi connectivity index (χ0v) is 10.5. The maximum absolute atomic E-state index is 10.8. The molecule has 0 spiro atoms. The first kappa shape index (κ1) is 12.9. The van der Waals surface area contributed by atoms with E-state index >= 15 is 0 Å². The summed E-state index contributed by atoms with van der Waals surface area (Å²) in [5.74, 6) is 0.533. The van der Waals surface area contributed by atoms with Crippen molar-refractivity contribution in [3.8, 4) is 11.3 Å². The largest absolute Gasteiger partial charge is 0.354 e. The van der Waals surface area contributed by atoms with Gasteiger partial charge in [-0.15, -0.1) is 0 Å². The quantitative estimate of drug-likeness (QED) is 0.658. The molecule has 0 radical (unpaired) electrons. The minimum absolute atomic E-state index is 0.0548. The van der Waals surface area contributed by atoms with Gasteiger partial charge in [0.1, 0.15) is 0 Å². The highest BCUT2D eigenvalue weighted by atomic mass is 16.6. The number of benzene rings is 1. The van der Waals surface area contributed by atoms with Gasteiger partial charge in [0.05, 0.1) is 10.6 Å². The molecule has 6 nitrogen and oxygen atoms in total. The molecule has 0 amide bonds. The zero-order chi connectivity index (χ0) is 13.7. The molecule has 0 aliphatic heterocycles. The van der Waals surface area contributed by atoms with Crippen LogP contribution in [0.4, 0.5) is 11.6 Å². The van der Waals surface area contributed by atoms with Gasteiger partial charge >= 0.3 is 0 Å². The van der Waals surface area contributed by atoms with Crippen LogP contribution >= 0.6 is 0 Å². The first-order valence-corrected chi connectivity index (χ1v) is 6.02. The number of hydrogen-bond donors (Lipinski definition) is 1. The van der Waals surface area contributed by atoms with E-state index in [2.05, 4.69) is 22.2 Å². The lowest BCUT2D eigenvalue weighted by Crippen LogP contribution is -2.04. The predicted octanol–water partition coefficient (Wildman–Crippen LogP) is 2.87. The van der Waals surface area contributed by atoms with Gasteiger partial charge in [-0.25, -0.2) is 9.97 Å². The molecule has 1 aromatic carbocycles. The first-order chi connectivity index (χ1) is 9.20. The molecule has 0 atom stereocenters. The van der Waals surface area contributed by atoms with Gasteiger partial charge in [-0.1, -0.05) is 19.1 Å². The second-order valence-electron chi connectivity index (χ2n) is 4.00. The Hall–Kier alpha value is -2.50. The van der Waals surface area contributed by atoms with Gasteiger partial charge in [0.15, 0.2) is 0 Å². The third kappa shape index (κ3) is 3.25. The minimum atomic E-state index is -0.416. The average Bonchev–Trinajstić information content (AvgIpc) is 2.45. The number of anilines is 1. The molecule has 1 aromatic heterocycles. The SMILES string of the molecule is CCCNc1nccc(-c2cccc([N+](=O)[O-])c2)n1. The van der Waals surface area contributed by atoms with Gasteiger partial charge in [0, 0.05) is 30.4 Å². The van der Waals surface area contributed by atoms with Crippen molar-refractivity contribution in [3.05, 3.63) is 46.6 Å². The Morgan fingerprint density at radius 3 is 2.95 bits per heavy atom. The summed E-state index contributed by atoms with van der Waals surface area (Å²) >= 11 is 0. The number of nitro groups is 1. The Balaban J connectivity index is 2.30. The van der Waals surface area contributed by atoms with E-state index in [9.17, 15) is 10.1 Å². The number of non-ortho nitro benzene ring substituents is 1. The third-order valence-electron chi connectivity index (χ3n) is 2.54. The van der Waals surface area contributed by atoms with Crippen LogP contribution in [0.15, 0.2) is 36.5 Å². The van der Waals surface area contributed by atoms with Gasteiger partial charge in [0.2, 0.25) is 5.95 Å². The van der Waals surface area contributed by atoms with Crippen LogP contribution in [-0.2, 0) is 0 Å². The minimum Gasteiger partial charge on any atom is -0.354 e. The van der Waals surface area contributed by atoms with Crippen LogP contribution in [0.2, 0.25) is 0 Å². The van der Waals surface area contributed by atoms with Crippen molar-refractivity contribution in [2.45, 2.75) is 13.3 Å². The highest BCUT2D eigenvalue weighted by Crippen LogP contribution is 2.22. The van der Waals surface area contributed by atoms with Crippen LogP contribution in [0.25, 0.3) is 11.3 Å². The van der Waals surface area contributed by atoms with Crippen molar-refractivity contribution in [2.75, 3.05) is 11.9 Å². The van der Waals surface area contributed by atoms with Crippen LogP contribution < -0.4 is 5.32 Å². The number of nitrogens with zero attached hydrogens (tertiary/aromatic N) is 3.